The molecule has 0 spiro atoms. The second kappa shape index (κ2) is 7.64. The SMILES string of the molecule is COCCNC(=O)CNc1nc(NN)ncc1Cl. The van der Waals surface area contributed by atoms with Crippen molar-refractivity contribution in [3.63, 3.8) is 0 Å². The Hall–Kier alpha value is -1.64. The molecule has 1 aromatic heterocycles. The maximum Gasteiger partial charge on any atom is 0.239 e. The van der Waals surface area contributed by atoms with E-state index < -0.39 is 0 Å². The van der Waals surface area contributed by atoms with E-state index in [9.17, 15) is 4.79 Å². The molecule has 0 atom stereocenters. The first kappa shape index (κ1) is 14.4. The number of aromatic nitrogens is 2. The van der Waals surface area contributed by atoms with Crippen molar-refractivity contribution in [2.24, 2.45) is 5.84 Å². The summed E-state index contributed by atoms with van der Waals surface area (Å²) in [5.74, 6) is 5.52. The van der Waals surface area contributed by atoms with Crippen molar-refractivity contribution in [2.75, 3.05) is 37.5 Å². The van der Waals surface area contributed by atoms with E-state index in [4.69, 9.17) is 22.2 Å². The number of hydrogen-bond donors (Lipinski definition) is 4. The Morgan fingerprint density at radius 2 is 2.39 bits per heavy atom. The van der Waals surface area contributed by atoms with E-state index in [1.54, 1.807) is 7.11 Å². The summed E-state index contributed by atoms with van der Waals surface area (Å²) in [6.45, 7) is 0.954. The molecule has 8 nitrogen and oxygen atoms in total. The van der Waals surface area contributed by atoms with Gasteiger partial charge in [-0.15, -0.1) is 0 Å². The van der Waals surface area contributed by atoms with E-state index in [-0.39, 0.29) is 18.4 Å². The Morgan fingerprint density at radius 3 is 3.06 bits per heavy atom. The molecule has 5 N–H and O–H groups in total. The minimum atomic E-state index is -0.191. The molecule has 1 amide bonds. The van der Waals surface area contributed by atoms with Gasteiger partial charge in [-0.3, -0.25) is 10.2 Å². The number of nitrogens with two attached hydrogens (primary N) is 1. The second-order valence-corrected chi connectivity index (χ2v) is 3.64. The number of carbonyl (C=O) groups excluding carboxylic acids is 1. The fraction of sp³-hybridized carbons (Fsp3) is 0.444. The number of amides is 1. The lowest BCUT2D eigenvalue weighted by molar-refractivity contribution is -0.119. The van der Waals surface area contributed by atoms with Crippen LogP contribution in [0, 0.1) is 0 Å². The Balaban J connectivity index is 2.45. The quantitative estimate of drug-likeness (QED) is 0.304. The van der Waals surface area contributed by atoms with Gasteiger partial charge in [-0.2, -0.15) is 4.98 Å². The molecular formula is C9H15ClN6O2. The van der Waals surface area contributed by atoms with Gasteiger partial charge < -0.3 is 15.4 Å². The lowest BCUT2D eigenvalue weighted by Crippen LogP contribution is -2.32. The summed E-state index contributed by atoms with van der Waals surface area (Å²) in [7, 11) is 1.56. The molecule has 0 saturated heterocycles. The molecule has 0 fully saturated rings. The van der Waals surface area contributed by atoms with E-state index in [2.05, 4.69) is 26.0 Å². The highest BCUT2D eigenvalue weighted by atomic mass is 35.5. The first-order chi connectivity index (χ1) is 8.67. The van der Waals surface area contributed by atoms with Gasteiger partial charge in [0.1, 0.15) is 5.02 Å². The molecule has 0 aliphatic rings. The molecule has 0 aliphatic carbocycles. The van der Waals surface area contributed by atoms with E-state index in [1.165, 1.54) is 6.20 Å². The van der Waals surface area contributed by atoms with Gasteiger partial charge in [0.05, 0.1) is 19.3 Å². The van der Waals surface area contributed by atoms with Crippen molar-refractivity contribution < 1.29 is 9.53 Å². The predicted octanol–water partition coefficient (Wildman–Crippen LogP) is -0.410. The summed E-state index contributed by atoms with van der Waals surface area (Å²) in [5.41, 5.74) is 2.29. The lowest BCUT2D eigenvalue weighted by Gasteiger charge is -2.08. The number of nitrogens with zero attached hydrogens (tertiary/aromatic N) is 2. The average Bonchev–Trinajstić information content (AvgIpc) is 2.38. The fourth-order valence-corrected chi connectivity index (χ4v) is 1.24. The average molecular weight is 275 g/mol. The predicted molar refractivity (Wildman–Crippen MR) is 68.2 cm³/mol. The van der Waals surface area contributed by atoms with Crippen LogP contribution in [0.2, 0.25) is 5.02 Å². The van der Waals surface area contributed by atoms with Gasteiger partial charge in [-0.1, -0.05) is 11.6 Å². The largest absolute Gasteiger partial charge is 0.383 e. The fourth-order valence-electron chi connectivity index (χ4n) is 1.08. The summed E-state index contributed by atoms with van der Waals surface area (Å²) < 4.78 is 4.81. The molecule has 0 aromatic carbocycles. The highest BCUT2D eigenvalue weighted by Gasteiger charge is 2.06. The number of rotatable bonds is 7. The van der Waals surface area contributed by atoms with Crippen LogP contribution in [0.15, 0.2) is 6.20 Å². The van der Waals surface area contributed by atoms with Crippen LogP contribution in [0.5, 0.6) is 0 Å². The maximum absolute atomic E-state index is 11.4. The standard InChI is InChI=1S/C9H15ClN6O2/c1-18-3-2-12-7(17)5-13-8-6(10)4-14-9(15-8)16-11/h4H,2-3,5,11H2,1H3,(H,12,17)(H2,13,14,15,16). The van der Waals surface area contributed by atoms with Gasteiger partial charge in [0.25, 0.3) is 0 Å². The summed E-state index contributed by atoms with van der Waals surface area (Å²) in [4.78, 5) is 19.2. The van der Waals surface area contributed by atoms with E-state index in [1.807, 2.05) is 0 Å². The minimum absolute atomic E-state index is 0.0461. The topological polar surface area (TPSA) is 114 Å². The van der Waals surface area contributed by atoms with Gasteiger partial charge in [0.2, 0.25) is 11.9 Å². The molecule has 0 bridgehead atoms. The molecule has 1 aromatic rings. The van der Waals surface area contributed by atoms with Crippen LogP contribution in [0.1, 0.15) is 0 Å². The molecule has 1 rings (SSSR count). The van der Waals surface area contributed by atoms with Gasteiger partial charge in [-0.25, -0.2) is 10.8 Å². The molecule has 0 saturated carbocycles. The van der Waals surface area contributed by atoms with Crippen molar-refractivity contribution in [3.05, 3.63) is 11.2 Å². The number of carbonyl (C=O) groups is 1. The van der Waals surface area contributed by atoms with Crippen LogP contribution in [0.4, 0.5) is 11.8 Å². The Morgan fingerprint density at radius 1 is 1.61 bits per heavy atom. The molecule has 100 valence electrons. The first-order valence-corrected chi connectivity index (χ1v) is 5.54. The minimum Gasteiger partial charge on any atom is -0.383 e. The number of nitrogens with one attached hydrogen (secondary N) is 3. The van der Waals surface area contributed by atoms with Gasteiger partial charge in [-0.05, 0) is 0 Å². The number of methoxy groups -OCH3 is 1. The zero-order valence-corrected chi connectivity index (χ0v) is 10.6. The summed E-state index contributed by atoms with van der Waals surface area (Å²) in [6, 6.07) is 0. The zero-order chi connectivity index (χ0) is 13.4. The zero-order valence-electron chi connectivity index (χ0n) is 9.86. The molecule has 9 heteroatoms. The number of ether oxygens (including phenoxy) is 1. The van der Waals surface area contributed by atoms with E-state index in [0.717, 1.165) is 0 Å². The Labute approximate surface area is 109 Å². The van der Waals surface area contributed by atoms with Gasteiger partial charge in [0, 0.05) is 13.7 Å². The number of nitrogen functional groups attached to an aromatic ring is 1. The summed E-state index contributed by atoms with van der Waals surface area (Å²) in [5, 5.41) is 5.74. The number of halogens is 1. The van der Waals surface area contributed by atoms with E-state index in [0.29, 0.717) is 24.0 Å². The number of anilines is 2. The van der Waals surface area contributed by atoms with Crippen LogP contribution in [0.3, 0.4) is 0 Å². The van der Waals surface area contributed by atoms with E-state index >= 15 is 0 Å². The molecule has 0 unspecified atom stereocenters. The summed E-state index contributed by atoms with van der Waals surface area (Å²) in [6.07, 6.45) is 1.38. The number of hydrazine groups is 1. The van der Waals surface area contributed by atoms with Crippen LogP contribution in [-0.2, 0) is 9.53 Å². The maximum atomic E-state index is 11.4. The molecule has 1 heterocycles. The monoisotopic (exact) mass is 274 g/mol. The number of hydrogen-bond acceptors (Lipinski definition) is 7. The van der Waals surface area contributed by atoms with Crippen LogP contribution in [-0.4, -0.2) is 42.7 Å². The third-order valence-corrected chi connectivity index (χ3v) is 2.19. The van der Waals surface area contributed by atoms with Crippen molar-refractivity contribution in [3.8, 4) is 0 Å². The second-order valence-electron chi connectivity index (χ2n) is 3.23. The van der Waals surface area contributed by atoms with Crippen molar-refractivity contribution >= 4 is 29.3 Å². The normalized spacial score (nSPS) is 9.94. The highest BCUT2D eigenvalue weighted by Crippen LogP contribution is 2.18. The third-order valence-electron chi connectivity index (χ3n) is 1.92. The van der Waals surface area contributed by atoms with Crippen LogP contribution >= 0.6 is 11.6 Å². The summed E-state index contributed by atoms with van der Waals surface area (Å²) >= 11 is 5.86. The third kappa shape index (κ3) is 4.70. The van der Waals surface area contributed by atoms with Crippen molar-refractivity contribution in [1.29, 1.82) is 0 Å². The highest BCUT2D eigenvalue weighted by molar-refractivity contribution is 6.32. The molecule has 0 radical (unpaired) electrons. The molecule has 18 heavy (non-hydrogen) atoms. The molecular weight excluding hydrogens is 260 g/mol. The van der Waals surface area contributed by atoms with Crippen molar-refractivity contribution in [2.45, 2.75) is 0 Å². The smallest absolute Gasteiger partial charge is 0.239 e. The lowest BCUT2D eigenvalue weighted by atomic mass is 10.5. The Bertz CT molecular complexity index is 403. The van der Waals surface area contributed by atoms with Crippen LogP contribution in [0.25, 0.3) is 0 Å². The van der Waals surface area contributed by atoms with Crippen LogP contribution < -0.4 is 21.9 Å². The van der Waals surface area contributed by atoms with Gasteiger partial charge in [0.15, 0.2) is 5.82 Å². The van der Waals surface area contributed by atoms with Crippen molar-refractivity contribution in [1.82, 2.24) is 15.3 Å². The molecule has 0 aliphatic heterocycles. The Kier molecular flexibility index (Phi) is 6.12. The van der Waals surface area contributed by atoms with Gasteiger partial charge >= 0.3 is 0 Å². The first-order valence-electron chi connectivity index (χ1n) is 5.16.